The molecule has 1 N–H and O–H groups in total. The van der Waals surface area contributed by atoms with Gasteiger partial charge in [-0.1, -0.05) is 15.9 Å². The van der Waals surface area contributed by atoms with E-state index in [4.69, 9.17) is 4.74 Å². The van der Waals surface area contributed by atoms with Gasteiger partial charge in [0, 0.05) is 23.6 Å². The second-order valence-corrected chi connectivity index (χ2v) is 7.76. The number of carbonyl (C=O) groups is 1. The van der Waals surface area contributed by atoms with E-state index in [9.17, 15) is 14.0 Å². The molecule has 0 atom stereocenters. The lowest BCUT2D eigenvalue weighted by Crippen LogP contribution is -2.28. The molecule has 2 rings (SSSR count). The van der Waals surface area contributed by atoms with Gasteiger partial charge in [0.15, 0.2) is 0 Å². The minimum absolute atomic E-state index is 0.0305. The quantitative estimate of drug-likeness (QED) is 0.491. The molecule has 5 nitrogen and oxygen atoms in total. The first-order valence-corrected chi connectivity index (χ1v) is 9.28. The number of hydrogen-bond acceptors (Lipinski definition) is 4. The van der Waals surface area contributed by atoms with Crippen LogP contribution in [0.4, 0.5) is 20.6 Å². The molecule has 0 spiro atoms. The molecule has 0 saturated heterocycles. The molecule has 25 heavy (non-hydrogen) atoms. The standard InChI is InChI=1S/C17H17Br2FN2O3/c1-17(2,3)25-16(24)21-12-6-13-9(5-11(12)20)10(8-23)15(19)14(7-18)22(13)4/h5-6H,7H2,1-4H3,(H,21,24). The molecule has 8 heteroatoms. The number of amides is 1. The van der Waals surface area contributed by atoms with Crippen LogP contribution in [0.1, 0.15) is 26.3 Å². The van der Waals surface area contributed by atoms with E-state index in [-0.39, 0.29) is 11.3 Å². The third kappa shape index (κ3) is 4.14. The van der Waals surface area contributed by atoms with Crippen molar-refractivity contribution in [3.63, 3.8) is 0 Å². The van der Waals surface area contributed by atoms with Crippen LogP contribution in [0.3, 0.4) is 0 Å². The Balaban J connectivity index is 2.47. The van der Waals surface area contributed by atoms with Crippen molar-refractivity contribution in [2.24, 2.45) is 0 Å². The number of carbonyl (C=O) groups excluding carboxylic acids is 2. The number of benzene rings is 1. The number of nitrogens with zero attached hydrogens (tertiary/aromatic N) is 1. The summed E-state index contributed by atoms with van der Waals surface area (Å²) in [5, 5.41) is 2.88. The van der Waals surface area contributed by atoms with Gasteiger partial charge in [0.1, 0.15) is 17.4 Å². The number of ether oxygens (including phenoxy) is 1. The van der Waals surface area contributed by atoms with Crippen LogP contribution in [-0.4, -0.2) is 30.0 Å². The van der Waals surface area contributed by atoms with Crippen LogP contribution in [0, 0.1) is 5.82 Å². The summed E-state index contributed by atoms with van der Waals surface area (Å²) in [6.07, 6.45) is -0.756. The van der Waals surface area contributed by atoms with Gasteiger partial charge >= 0.3 is 6.09 Å². The number of fused-ring (bicyclic) bond motifs is 1. The van der Waals surface area contributed by atoms with Gasteiger partial charge in [0.2, 0.25) is 0 Å². The Morgan fingerprint density at radius 1 is 1.40 bits per heavy atom. The number of alkyl halides is 1. The average Bonchev–Trinajstić information content (AvgIpc) is 2.48. The Morgan fingerprint density at radius 3 is 2.56 bits per heavy atom. The fourth-order valence-corrected chi connectivity index (χ4v) is 4.09. The number of anilines is 2. The predicted molar refractivity (Wildman–Crippen MR) is 104 cm³/mol. The highest BCUT2D eigenvalue weighted by Gasteiger charge is 2.28. The average molecular weight is 476 g/mol. The lowest BCUT2D eigenvalue weighted by atomic mass is 9.98. The Kier molecular flexibility index (Phi) is 5.76. The van der Waals surface area contributed by atoms with Gasteiger partial charge in [-0.25, -0.2) is 14.0 Å². The van der Waals surface area contributed by atoms with Crippen molar-refractivity contribution in [3.8, 4) is 0 Å². The number of allylic oxidation sites excluding steroid dienone is 3. The fourth-order valence-electron chi connectivity index (χ4n) is 2.35. The Morgan fingerprint density at radius 2 is 2.04 bits per heavy atom. The largest absolute Gasteiger partial charge is 0.444 e. The van der Waals surface area contributed by atoms with Crippen molar-refractivity contribution in [1.82, 2.24) is 0 Å². The highest BCUT2D eigenvalue weighted by atomic mass is 79.9. The Labute approximate surface area is 162 Å². The highest BCUT2D eigenvalue weighted by Crippen LogP contribution is 2.43. The first-order chi connectivity index (χ1) is 11.6. The molecule has 0 aromatic heterocycles. The van der Waals surface area contributed by atoms with E-state index in [0.717, 1.165) is 5.70 Å². The maximum Gasteiger partial charge on any atom is 0.412 e. The van der Waals surface area contributed by atoms with Crippen LogP contribution >= 0.6 is 31.9 Å². The van der Waals surface area contributed by atoms with Crippen LogP contribution in [-0.2, 0) is 9.53 Å². The molecule has 1 heterocycles. The van der Waals surface area contributed by atoms with E-state index < -0.39 is 17.5 Å². The summed E-state index contributed by atoms with van der Waals surface area (Å²) in [6, 6.07) is 2.67. The number of nitrogens with one attached hydrogen (secondary N) is 1. The molecule has 0 aliphatic carbocycles. The van der Waals surface area contributed by atoms with E-state index in [2.05, 4.69) is 37.2 Å². The zero-order valence-electron chi connectivity index (χ0n) is 14.2. The molecule has 0 unspecified atom stereocenters. The van der Waals surface area contributed by atoms with Gasteiger partial charge in [0.05, 0.1) is 21.4 Å². The fraction of sp³-hybridized carbons (Fsp3) is 0.353. The van der Waals surface area contributed by atoms with E-state index in [1.54, 1.807) is 32.7 Å². The van der Waals surface area contributed by atoms with Crippen molar-refractivity contribution in [1.29, 1.82) is 0 Å². The van der Waals surface area contributed by atoms with Gasteiger partial charge in [-0.15, -0.1) is 0 Å². The molecule has 0 bridgehead atoms. The summed E-state index contributed by atoms with van der Waals surface area (Å²) >= 11 is 6.73. The van der Waals surface area contributed by atoms with Gasteiger partial charge in [-0.2, -0.15) is 0 Å². The summed E-state index contributed by atoms with van der Waals surface area (Å²) < 4.78 is 20.1. The van der Waals surface area contributed by atoms with Crippen molar-refractivity contribution in [3.05, 3.63) is 33.7 Å². The molecule has 0 fully saturated rings. The molecule has 1 aromatic rings. The number of hydrogen-bond donors (Lipinski definition) is 1. The topological polar surface area (TPSA) is 58.6 Å². The lowest BCUT2D eigenvalue weighted by Gasteiger charge is -2.31. The molecular formula is C17H17Br2FN2O3. The lowest BCUT2D eigenvalue weighted by molar-refractivity contribution is 0.0635. The summed E-state index contributed by atoms with van der Waals surface area (Å²) in [5.74, 6) is 1.18. The first kappa shape index (κ1) is 19.7. The molecule has 0 saturated carbocycles. The monoisotopic (exact) mass is 474 g/mol. The number of halogens is 3. The zero-order valence-corrected chi connectivity index (χ0v) is 17.3. The zero-order chi connectivity index (χ0) is 18.9. The third-order valence-corrected chi connectivity index (χ3v) is 4.84. The summed E-state index contributed by atoms with van der Waals surface area (Å²) in [5.41, 5.74) is 1.24. The third-order valence-electron chi connectivity index (χ3n) is 3.46. The van der Waals surface area contributed by atoms with Gasteiger partial charge < -0.3 is 9.64 Å². The predicted octanol–water partition coefficient (Wildman–Crippen LogP) is 4.84. The summed E-state index contributed by atoms with van der Waals surface area (Å²) in [6.45, 7) is 5.15. The van der Waals surface area contributed by atoms with Gasteiger partial charge in [-0.3, -0.25) is 5.32 Å². The second-order valence-electron chi connectivity index (χ2n) is 6.41. The molecule has 134 valence electrons. The molecule has 1 amide bonds. The van der Waals surface area contributed by atoms with Gasteiger partial charge in [0.25, 0.3) is 0 Å². The normalized spacial score (nSPS) is 14.2. The van der Waals surface area contributed by atoms with Crippen molar-refractivity contribution in [2.75, 3.05) is 22.6 Å². The molecule has 1 aliphatic heterocycles. The van der Waals surface area contributed by atoms with E-state index in [1.165, 1.54) is 12.1 Å². The van der Waals surface area contributed by atoms with Crippen LogP contribution in [0.15, 0.2) is 22.3 Å². The molecule has 1 aromatic carbocycles. The van der Waals surface area contributed by atoms with Crippen LogP contribution in [0.25, 0.3) is 5.57 Å². The van der Waals surface area contributed by atoms with E-state index >= 15 is 0 Å². The second kappa shape index (κ2) is 7.32. The van der Waals surface area contributed by atoms with E-state index in [1.807, 2.05) is 5.94 Å². The van der Waals surface area contributed by atoms with Crippen molar-refractivity contribution >= 4 is 60.8 Å². The Hall–Kier alpha value is -1.63. The maximum atomic E-state index is 14.4. The summed E-state index contributed by atoms with van der Waals surface area (Å²) in [7, 11) is 1.79. The maximum absolute atomic E-state index is 14.4. The summed E-state index contributed by atoms with van der Waals surface area (Å²) in [4.78, 5) is 25.1. The smallest absolute Gasteiger partial charge is 0.412 e. The minimum atomic E-state index is -0.756. The van der Waals surface area contributed by atoms with Gasteiger partial charge in [-0.05, 0) is 48.8 Å². The molecule has 1 aliphatic rings. The Bertz CT molecular complexity index is 809. The number of rotatable bonds is 2. The van der Waals surface area contributed by atoms with Crippen molar-refractivity contribution in [2.45, 2.75) is 26.4 Å². The first-order valence-electron chi connectivity index (χ1n) is 7.36. The molecular weight excluding hydrogens is 459 g/mol. The van der Waals surface area contributed by atoms with E-state index in [0.29, 0.717) is 21.1 Å². The van der Waals surface area contributed by atoms with Crippen LogP contribution in [0.2, 0.25) is 0 Å². The van der Waals surface area contributed by atoms with Crippen LogP contribution < -0.4 is 10.2 Å². The van der Waals surface area contributed by atoms with Crippen LogP contribution in [0.5, 0.6) is 0 Å². The molecule has 0 radical (unpaired) electrons. The van der Waals surface area contributed by atoms with Crippen molar-refractivity contribution < 1.29 is 18.7 Å². The minimum Gasteiger partial charge on any atom is -0.444 e. The highest BCUT2D eigenvalue weighted by molar-refractivity contribution is 9.12. The SMILES string of the molecule is CN1C(CBr)=C(Br)C(=C=O)c2cc(F)c(NC(=O)OC(C)(C)C)cc21.